The number of carbonyl (C=O) groups is 1. The van der Waals surface area contributed by atoms with Crippen LogP contribution in [0.4, 0.5) is 28.7 Å². The first kappa shape index (κ1) is 22.5. The van der Waals surface area contributed by atoms with Crippen molar-refractivity contribution in [3.8, 4) is 5.75 Å². The zero-order valence-electron chi connectivity index (χ0n) is 17.9. The average Bonchev–Trinajstić information content (AvgIpc) is 2.78. The van der Waals surface area contributed by atoms with Gasteiger partial charge >= 0.3 is 11.7 Å². The molecule has 2 N–H and O–H groups in total. The van der Waals surface area contributed by atoms with Gasteiger partial charge in [0.05, 0.1) is 24.2 Å². The van der Waals surface area contributed by atoms with Gasteiger partial charge in [0.1, 0.15) is 12.1 Å². The Morgan fingerprint density at radius 2 is 1.72 bits per heavy atom. The largest absolute Gasteiger partial charge is 0.497 e. The van der Waals surface area contributed by atoms with Crippen LogP contribution < -0.4 is 15.4 Å². The van der Waals surface area contributed by atoms with E-state index in [4.69, 9.17) is 9.47 Å². The number of methoxy groups -OCH3 is 1. The van der Waals surface area contributed by atoms with Crippen molar-refractivity contribution in [1.29, 1.82) is 0 Å². The van der Waals surface area contributed by atoms with Crippen LogP contribution in [0, 0.1) is 16.0 Å². The average molecular weight is 437 g/mol. The number of hydrogen-bond donors (Lipinski definition) is 2. The maximum Gasteiger partial charge on any atom is 0.353 e. The highest BCUT2D eigenvalue weighted by Gasteiger charge is 2.23. The summed E-state index contributed by atoms with van der Waals surface area (Å²) in [4.78, 5) is 31.3. The van der Waals surface area contributed by atoms with Gasteiger partial charge in [-0.2, -0.15) is 0 Å². The molecule has 1 aromatic heterocycles. The molecule has 0 aliphatic heterocycles. The van der Waals surface area contributed by atoms with Gasteiger partial charge in [-0.15, -0.1) is 0 Å². The molecule has 0 atom stereocenters. The fourth-order valence-electron chi connectivity index (χ4n) is 2.72. The first-order chi connectivity index (χ1) is 15.4. The molecule has 32 heavy (non-hydrogen) atoms. The molecule has 0 saturated carbocycles. The maximum absolute atomic E-state index is 12.1. The van der Waals surface area contributed by atoms with Crippen LogP contribution in [-0.4, -0.2) is 34.6 Å². The lowest BCUT2D eigenvalue weighted by Crippen LogP contribution is -2.10. The smallest absolute Gasteiger partial charge is 0.353 e. The number of nitrogens with zero attached hydrogens (tertiary/aromatic N) is 3. The standard InChI is InChI=1S/C22H23N5O5/c1-14(2)12-32-22(28)15-7-9-16(10-8-15)25-20-19(27(29)30)21(24-13-23-20)26-17-5-4-6-18(11-17)31-3/h4-11,13-14H,12H2,1-3H3,(H2,23,24,25,26). The molecule has 3 rings (SSSR count). The topological polar surface area (TPSA) is 129 Å². The Hall–Kier alpha value is -4.21. The Morgan fingerprint density at radius 3 is 2.31 bits per heavy atom. The SMILES string of the molecule is COc1cccc(Nc2ncnc(Nc3ccc(C(=O)OCC(C)C)cc3)c2[N+](=O)[O-])c1. The zero-order valence-corrected chi connectivity index (χ0v) is 17.9. The van der Waals surface area contributed by atoms with Crippen LogP contribution in [0.3, 0.4) is 0 Å². The predicted octanol–water partition coefficient (Wildman–Crippen LogP) is 4.69. The highest BCUT2D eigenvalue weighted by molar-refractivity contribution is 5.90. The molecular formula is C22H23N5O5. The van der Waals surface area contributed by atoms with Crippen molar-refractivity contribution in [2.24, 2.45) is 5.92 Å². The fraction of sp³-hybridized carbons (Fsp3) is 0.227. The molecule has 1 heterocycles. The van der Waals surface area contributed by atoms with E-state index in [-0.39, 0.29) is 23.2 Å². The van der Waals surface area contributed by atoms with E-state index in [2.05, 4.69) is 20.6 Å². The fourth-order valence-corrected chi connectivity index (χ4v) is 2.72. The van der Waals surface area contributed by atoms with Gasteiger partial charge in [0.15, 0.2) is 0 Å². The Morgan fingerprint density at radius 1 is 1.06 bits per heavy atom. The van der Waals surface area contributed by atoms with E-state index in [0.29, 0.717) is 29.3 Å². The monoisotopic (exact) mass is 437 g/mol. The summed E-state index contributed by atoms with van der Waals surface area (Å²) in [6.07, 6.45) is 1.22. The number of ether oxygens (including phenoxy) is 2. The number of aromatic nitrogens is 2. The molecule has 0 spiro atoms. The van der Waals surface area contributed by atoms with Crippen molar-refractivity contribution < 1.29 is 19.2 Å². The van der Waals surface area contributed by atoms with Gasteiger partial charge in [0, 0.05) is 17.4 Å². The second kappa shape index (κ2) is 10.2. The Labute approximate surface area is 184 Å². The molecule has 0 aliphatic rings. The number of nitro groups is 1. The van der Waals surface area contributed by atoms with E-state index < -0.39 is 10.9 Å². The van der Waals surface area contributed by atoms with Crippen LogP contribution in [0.5, 0.6) is 5.75 Å². The van der Waals surface area contributed by atoms with Gasteiger partial charge in [-0.3, -0.25) is 10.1 Å². The van der Waals surface area contributed by atoms with Gasteiger partial charge in [-0.25, -0.2) is 14.8 Å². The summed E-state index contributed by atoms with van der Waals surface area (Å²) in [6.45, 7) is 4.23. The van der Waals surface area contributed by atoms with Gasteiger partial charge in [0.2, 0.25) is 11.6 Å². The summed E-state index contributed by atoms with van der Waals surface area (Å²) in [5.41, 5.74) is 1.14. The minimum absolute atomic E-state index is 0.00512. The van der Waals surface area contributed by atoms with Gasteiger partial charge in [0.25, 0.3) is 0 Å². The number of hydrogen-bond acceptors (Lipinski definition) is 9. The number of benzene rings is 2. The molecule has 0 radical (unpaired) electrons. The lowest BCUT2D eigenvalue weighted by molar-refractivity contribution is -0.383. The van der Waals surface area contributed by atoms with Crippen LogP contribution >= 0.6 is 0 Å². The number of rotatable bonds is 9. The van der Waals surface area contributed by atoms with Crippen LogP contribution in [-0.2, 0) is 4.74 Å². The summed E-state index contributed by atoms with van der Waals surface area (Å²) < 4.78 is 10.4. The van der Waals surface area contributed by atoms with Crippen molar-refractivity contribution in [3.05, 3.63) is 70.5 Å². The molecule has 3 aromatic rings. The lowest BCUT2D eigenvalue weighted by atomic mass is 10.2. The van der Waals surface area contributed by atoms with Gasteiger partial charge in [-0.1, -0.05) is 19.9 Å². The summed E-state index contributed by atoms with van der Waals surface area (Å²) in [7, 11) is 1.53. The van der Waals surface area contributed by atoms with Gasteiger partial charge < -0.3 is 20.1 Å². The number of anilines is 4. The van der Waals surface area contributed by atoms with Crippen molar-refractivity contribution in [2.75, 3.05) is 24.4 Å². The summed E-state index contributed by atoms with van der Waals surface area (Å²) in [5, 5.41) is 17.6. The van der Waals surface area contributed by atoms with Crippen LogP contribution in [0.15, 0.2) is 54.9 Å². The quantitative estimate of drug-likeness (QED) is 0.278. The van der Waals surface area contributed by atoms with Crippen molar-refractivity contribution >= 4 is 34.7 Å². The van der Waals surface area contributed by atoms with E-state index in [9.17, 15) is 14.9 Å². The molecular weight excluding hydrogens is 414 g/mol. The van der Waals surface area contributed by atoms with Crippen LogP contribution in [0.1, 0.15) is 24.2 Å². The molecule has 0 aliphatic carbocycles. The first-order valence-corrected chi connectivity index (χ1v) is 9.82. The van der Waals surface area contributed by atoms with E-state index in [1.54, 1.807) is 48.5 Å². The molecule has 10 heteroatoms. The molecule has 0 amide bonds. The third-order valence-corrected chi connectivity index (χ3v) is 4.27. The third-order valence-electron chi connectivity index (χ3n) is 4.27. The maximum atomic E-state index is 12.1. The van der Waals surface area contributed by atoms with E-state index >= 15 is 0 Å². The van der Waals surface area contributed by atoms with Crippen LogP contribution in [0.2, 0.25) is 0 Å². The molecule has 2 aromatic carbocycles. The molecule has 0 bridgehead atoms. The third kappa shape index (κ3) is 5.69. The first-order valence-electron chi connectivity index (χ1n) is 9.82. The van der Waals surface area contributed by atoms with E-state index in [0.717, 1.165) is 0 Å². The molecule has 10 nitrogen and oxygen atoms in total. The predicted molar refractivity (Wildman–Crippen MR) is 120 cm³/mol. The molecule has 0 fully saturated rings. The normalized spacial score (nSPS) is 10.5. The van der Waals surface area contributed by atoms with Crippen molar-refractivity contribution in [1.82, 2.24) is 9.97 Å². The van der Waals surface area contributed by atoms with Crippen molar-refractivity contribution in [3.63, 3.8) is 0 Å². The van der Waals surface area contributed by atoms with E-state index in [1.165, 1.54) is 13.4 Å². The second-order valence-corrected chi connectivity index (χ2v) is 7.23. The molecule has 166 valence electrons. The second-order valence-electron chi connectivity index (χ2n) is 7.23. The van der Waals surface area contributed by atoms with Gasteiger partial charge in [-0.05, 0) is 42.3 Å². The Bertz CT molecular complexity index is 1100. The highest BCUT2D eigenvalue weighted by atomic mass is 16.6. The lowest BCUT2D eigenvalue weighted by Gasteiger charge is -2.11. The van der Waals surface area contributed by atoms with E-state index in [1.807, 2.05) is 13.8 Å². The minimum Gasteiger partial charge on any atom is -0.497 e. The highest BCUT2D eigenvalue weighted by Crippen LogP contribution is 2.33. The zero-order chi connectivity index (χ0) is 23.1. The summed E-state index contributed by atoms with van der Waals surface area (Å²) in [6, 6.07) is 13.3. The number of esters is 1. The van der Waals surface area contributed by atoms with Crippen LogP contribution in [0.25, 0.3) is 0 Å². The van der Waals surface area contributed by atoms with Crippen molar-refractivity contribution in [2.45, 2.75) is 13.8 Å². The Kier molecular flexibility index (Phi) is 7.17. The molecule has 0 unspecified atom stereocenters. The number of carbonyl (C=O) groups excluding carboxylic acids is 1. The Balaban J connectivity index is 1.81. The minimum atomic E-state index is -0.567. The summed E-state index contributed by atoms with van der Waals surface area (Å²) >= 11 is 0. The molecule has 0 saturated heterocycles. The number of nitrogens with one attached hydrogen (secondary N) is 2. The summed E-state index contributed by atoms with van der Waals surface area (Å²) in [5.74, 6) is 0.429.